The number of halogens is 2. The number of benzene rings is 2. The van der Waals surface area contributed by atoms with Crippen LogP contribution in [0.4, 0.5) is 10.1 Å². The highest BCUT2D eigenvalue weighted by atomic mass is 79.9. The van der Waals surface area contributed by atoms with Gasteiger partial charge in [-0.15, -0.1) is 0 Å². The van der Waals surface area contributed by atoms with Gasteiger partial charge in [0.1, 0.15) is 5.82 Å². The zero-order valence-corrected chi connectivity index (χ0v) is 14.1. The lowest BCUT2D eigenvalue weighted by Crippen LogP contribution is -2.12. The molecule has 5 nitrogen and oxygen atoms in total. The summed E-state index contributed by atoms with van der Waals surface area (Å²) in [7, 11) is 0. The Morgan fingerprint density at radius 2 is 1.92 bits per heavy atom. The third kappa shape index (κ3) is 4.05. The average molecular weight is 390 g/mol. The Morgan fingerprint density at radius 1 is 1.17 bits per heavy atom. The van der Waals surface area contributed by atoms with Gasteiger partial charge in [0.05, 0.1) is 5.69 Å². The minimum Gasteiger partial charge on any atom is -0.339 e. The van der Waals surface area contributed by atoms with E-state index in [1.54, 1.807) is 18.2 Å². The summed E-state index contributed by atoms with van der Waals surface area (Å²) in [6.07, 6.45) is 0.539. The highest BCUT2D eigenvalue weighted by Crippen LogP contribution is 2.21. The van der Waals surface area contributed by atoms with Crippen molar-refractivity contribution in [2.75, 3.05) is 5.32 Å². The van der Waals surface area contributed by atoms with Crippen LogP contribution in [0, 0.1) is 5.82 Å². The lowest BCUT2D eigenvalue weighted by molar-refractivity contribution is -0.116. The van der Waals surface area contributed by atoms with E-state index in [0.29, 0.717) is 29.4 Å². The number of nitrogens with zero attached hydrogens (tertiary/aromatic N) is 2. The Hall–Kier alpha value is -2.54. The van der Waals surface area contributed by atoms with Crippen molar-refractivity contribution in [3.63, 3.8) is 0 Å². The summed E-state index contributed by atoms with van der Waals surface area (Å²) < 4.78 is 18.9. The van der Waals surface area contributed by atoms with E-state index in [2.05, 4.69) is 31.4 Å². The summed E-state index contributed by atoms with van der Waals surface area (Å²) in [6, 6.07) is 13.2. The van der Waals surface area contributed by atoms with E-state index in [4.69, 9.17) is 4.52 Å². The van der Waals surface area contributed by atoms with E-state index in [0.717, 1.165) is 4.47 Å². The molecular weight excluding hydrogens is 377 g/mol. The molecule has 3 aromatic rings. The van der Waals surface area contributed by atoms with Crippen molar-refractivity contribution in [2.45, 2.75) is 12.8 Å². The number of rotatable bonds is 5. The van der Waals surface area contributed by atoms with Crippen molar-refractivity contribution in [3.8, 4) is 11.4 Å². The van der Waals surface area contributed by atoms with Gasteiger partial charge in [-0.05, 0) is 52.3 Å². The number of aromatic nitrogens is 2. The van der Waals surface area contributed by atoms with Crippen LogP contribution in [0.5, 0.6) is 0 Å². The van der Waals surface area contributed by atoms with Gasteiger partial charge >= 0.3 is 0 Å². The van der Waals surface area contributed by atoms with Crippen LogP contribution in [-0.4, -0.2) is 16.0 Å². The van der Waals surface area contributed by atoms with Gasteiger partial charge in [-0.25, -0.2) is 4.39 Å². The van der Waals surface area contributed by atoms with Gasteiger partial charge in [0.15, 0.2) is 0 Å². The molecule has 2 aromatic carbocycles. The summed E-state index contributed by atoms with van der Waals surface area (Å²) >= 11 is 3.37. The Kier molecular flexibility index (Phi) is 5.00. The Bertz CT molecular complexity index is 849. The van der Waals surface area contributed by atoms with E-state index in [-0.39, 0.29) is 18.1 Å². The highest BCUT2D eigenvalue weighted by Gasteiger charge is 2.11. The lowest BCUT2D eigenvalue weighted by Gasteiger charge is -2.05. The van der Waals surface area contributed by atoms with Gasteiger partial charge in [0, 0.05) is 22.9 Å². The smallest absolute Gasteiger partial charge is 0.227 e. The molecule has 0 aliphatic heterocycles. The van der Waals surface area contributed by atoms with Crippen molar-refractivity contribution < 1.29 is 13.7 Å². The molecule has 24 heavy (non-hydrogen) atoms. The number of hydrogen-bond acceptors (Lipinski definition) is 4. The maximum atomic E-state index is 12.9. The third-order valence-corrected chi connectivity index (χ3v) is 3.98. The number of para-hydroxylation sites is 1. The second-order valence-electron chi connectivity index (χ2n) is 5.05. The molecule has 0 fully saturated rings. The molecule has 0 unspecified atom stereocenters. The Morgan fingerprint density at radius 3 is 2.67 bits per heavy atom. The molecular formula is C17H13BrFN3O2. The van der Waals surface area contributed by atoms with Gasteiger partial charge in [-0.3, -0.25) is 4.79 Å². The quantitative estimate of drug-likeness (QED) is 0.709. The van der Waals surface area contributed by atoms with Crippen molar-refractivity contribution in [1.82, 2.24) is 10.1 Å². The number of hydrogen-bond donors (Lipinski definition) is 1. The maximum Gasteiger partial charge on any atom is 0.227 e. The molecule has 7 heteroatoms. The minimum absolute atomic E-state index is 0.150. The zero-order chi connectivity index (χ0) is 16.9. The van der Waals surface area contributed by atoms with Crippen LogP contribution in [0.15, 0.2) is 57.5 Å². The maximum absolute atomic E-state index is 12.9. The number of carbonyl (C=O) groups excluding carboxylic acids is 1. The van der Waals surface area contributed by atoms with Crippen LogP contribution < -0.4 is 5.32 Å². The van der Waals surface area contributed by atoms with E-state index < -0.39 is 0 Å². The number of amides is 1. The molecule has 1 N–H and O–H groups in total. The summed E-state index contributed by atoms with van der Waals surface area (Å²) in [6.45, 7) is 0. The zero-order valence-electron chi connectivity index (χ0n) is 12.5. The summed E-state index contributed by atoms with van der Waals surface area (Å²) in [5, 5.41) is 6.65. The molecule has 0 aliphatic carbocycles. The molecule has 0 saturated heterocycles. The second-order valence-corrected chi connectivity index (χ2v) is 5.90. The van der Waals surface area contributed by atoms with Crippen LogP contribution in [-0.2, 0) is 11.2 Å². The molecule has 1 heterocycles. The van der Waals surface area contributed by atoms with Crippen molar-refractivity contribution >= 4 is 27.5 Å². The van der Waals surface area contributed by atoms with E-state index in [1.165, 1.54) is 12.1 Å². The monoisotopic (exact) mass is 389 g/mol. The second kappa shape index (κ2) is 7.35. The first-order valence-electron chi connectivity index (χ1n) is 7.25. The summed E-state index contributed by atoms with van der Waals surface area (Å²) in [5.41, 5.74) is 1.36. The van der Waals surface area contributed by atoms with Crippen molar-refractivity contribution in [1.29, 1.82) is 0 Å². The van der Waals surface area contributed by atoms with Crippen LogP contribution in [0.1, 0.15) is 12.3 Å². The van der Waals surface area contributed by atoms with Crippen molar-refractivity contribution in [3.05, 3.63) is 64.7 Å². The molecule has 1 aromatic heterocycles. The van der Waals surface area contributed by atoms with Crippen LogP contribution in [0.25, 0.3) is 11.4 Å². The van der Waals surface area contributed by atoms with Gasteiger partial charge in [-0.2, -0.15) is 4.98 Å². The fourth-order valence-corrected chi connectivity index (χ4v) is 2.45. The molecule has 0 saturated carbocycles. The fourth-order valence-electron chi connectivity index (χ4n) is 2.07. The van der Waals surface area contributed by atoms with E-state index in [9.17, 15) is 9.18 Å². The minimum atomic E-state index is -0.328. The molecule has 0 bridgehead atoms. The van der Waals surface area contributed by atoms with Crippen molar-refractivity contribution in [2.24, 2.45) is 0 Å². The molecule has 0 aliphatic rings. The number of nitrogens with one attached hydrogen (secondary N) is 1. The van der Waals surface area contributed by atoms with E-state index in [1.807, 2.05) is 18.2 Å². The predicted molar refractivity (Wildman–Crippen MR) is 90.8 cm³/mol. The third-order valence-electron chi connectivity index (χ3n) is 3.28. The first-order chi connectivity index (χ1) is 11.6. The van der Waals surface area contributed by atoms with Gasteiger partial charge in [0.25, 0.3) is 0 Å². The van der Waals surface area contributed by atoms with Crippen LogP contribution >= 0.6 is 15.9 Å². The lowest BCUT2D eigenvalue weighted by atomic mass is 10.2. The van der Waals surface area contributed by atoms with E-state index >= 15 is 0 Å². The summed E-state index contributed by atoms with van der Waals surface area (Å²) in [4.78, 5) is 16.2. The largest absolute Gasteiger partial charge is 0.339 e. The molecule has 0 radical (unpaired) electrons. The molecule has 3 rings (SSSR count). The number of aryl methyl sites for hydroxylation is 1. The topological polar surface area (TPSA) is 68.0 Å². The SMILES string of the molecule is O=C(CCc1nc(-c2ccc(F)cc2)no1)Nc1ccccc1Br. The normalized spacial score (nSPS) is 10.6. The molecule has 1 amide bonds. The molecule has 0 spiro atoms. The molecule has 122 valence electrons. The highest BCUT2D eigenvalue weighted by molar-refractivity contribution is 9.10. The Balaban J connectivity index is 1.58. The standard InChI is InChI=1S/C17H13BrFN3O2/c18-13-3-1-2-4-14(13)20-15(23)9-10-16-21-17(22-24-16)11-5-7-12(19)8-6-11/h1-8H,9-10H2,(H,20,23). The molecule has 0 atom stereocenters. The van der Waals surface area contributed by atoms with Gasteiger partial charge in [0.2, 0.25) is 17.6 Å². The average Bonchev–Trinajstić information content (AvgIpc) is 3.05. The Labute approximate surface area is 146 Å². The van der Waals surface area contributed by atoms with Crippen LogP contribution in [0.3, 0.4) is 0 Å². The predicted octanol–water partition coefficient (Wildman–Crippen LogP) is 4.21. The first-order valence-corrected chi connectivity index (χ1v) is 8.04. The number of anilines is 1. The van der Waals surface area contributed by atoms with Crippen LogP contribution in [0.2, 0.25) is 0 Å². The van der Waals surface area contributed by atoms with Gasteiger partial charge in [-0.1, -0.05) is 17.3 Å². The van der Waals surface area contributed by atoms with Gasteiger partial charge < -0.3 is 9.84 Å². The first kappa shape index (κ1) is 16.3. The summed E-state index contributed by atoms with van der Waals surface area (Å²) in [5.74, 6) is 0.252. The fraction of sp³-hybridized carbons (Fsp3) is 0.118. The number of carbonyl (C=O) groups is 1.